The molecule has 0 atom stereocenters. The van der Waals surface area contributed by atoms with Gasteiger partial charge in [0.2, 0.25) is 0 Å². The molecule has 0 spiro atoms. The predicted molar refractivity (Wildman–Crippen MR) is 78.5 cm³/mol. The van der Waals surface area contributed by atoms with E-state index in [2.05, 4.69) is 20.4 Å². The van der Waals surface area contributed by atoms with Crippen molar-refractivity contribution in [1.29, 1.82) is 0 Å². The minimum absolute atomic E-state index is 0.269. The molecule has 2 heterocycles. The fraction of sp³-hybridized carbons (Fsp3) is 0. The first-order valence-corrected chi connectivity index (χ1v) is 6.26. The molecule has 0 aliphatic heterocycles. The quantitative estimate of drug-likeness (QED) is 0.774. The topological polar surface area (TPSA) is 75.6 Å². The van der Waals surface area contributed by atoms with Crippen LogP contribution in [0.4, 0.5) is 5.69 Å². The number of nitrogens with one attached hydrogen (secondary N) is 2. The Kier molecular flexibility index (Phi) is 3.22. The number of halogens is 1. The fourth-order valence-electron chi connectivity index (χ4n) is 1.85. The third-order valence-corrected chi connectivity index (χ3v) is 2.86. The number of H-pyrrole nitrogens is 1. The van der Waals surface area contributed by atoms with E-state index in [0.29, 0.717) is 5.65 Å². The summed E-state index contributed by atoms with van der Waals surface area (Å²) in [7, 11) is 0. The average molecular weight is 288 g/mol. The van der Waals surface area contributed by atoms with Gasteiger partial charge in [0.1, 0.15) is 6.33 Å². The molecular weight excluding hydrogens is 278 g/mol. The van der Waals surface area contributed by atoms with Crippen molar-refractivity contribution in [1.82, 2.24) is 19.6 Å². The average Bonchev–Trinajstić information content (AvgIpc) is 2.84. The maximum absolute atomic E-state index is 11.6. The Balaban J connectivity index is 1.99. The lowest BCUT2D eigenvalue weighted by molar-refractivity contribution is 0.965. The molecule has 2 aromatic heterocycles. The van der Waals surface area contributed by atoms with E-state index in [1.165, 1.54) is 18.2 Å². The molecule has 0 bridgehead atoms. The van der Waals surface area contributed by atoms with Crippen molar-refractivity contribution in [3.05, 3.63) is 58.4 Å². The zero-order valence-electron chi connectivity index (χ0n) is 10.2. The third-order valence-electron chi connectivity index (χ3n) is 2.73. The van der Waals surface area contributed by atoms with Crippen LogP contribution < -0.4 is 11.0 Å². The molecule has 0 saturated heterocycles. The van der Waals surface area contributed by atoms with Crippen molar-refractivity contribution in [2.45, 2.75) is 0 Å². The number of imidazole rings is 1. The SMILES string of the molecule is O=c1[nH]cnc2c1ncn2Nc1cccc(C=CCl)c1. The summed E-state index contributed by atoms with van der Waals surface area (Å²) in [5.41, 5.74) is 6.84. The number of nitrogens with zero attached hydrogens (tertiary/aromatic N) is 3. The van der Waals surface area contributed by atoms with Gasteiger partial charge in [0.15, 0.2) is 11.2 Å². The molecule has 1 aromatic carbocycles. The Hall–Kier alpha value is -2.60. The van der Waals surface area contributed by atoms with Gasteiger partial charge in [-0.05, 0) is 23.8 Å². The maximum Gasteiger partial charge on any atom is 0.278 e. The van der Waals surface area contributed by atoms with Crippen molar-refractivity contribution in [2.75, 3.05) is 5.43 Å². The fourth-order valence-corrected chi connectivity index (χ4v) is 2.00. The Labute approximate surface area is 118 Å². The summed E-state index contributed by atoms with van der Waals surface area (Å²) in [6.45, 7) is 0. The second kappa shape index (κ2) is 5.18. The molecule has 0 unspecified atom stereocenters. The number of anilines is 1. The van der Waals surface area contributed by atoms with E-state index in [9.17, 15) is 4.79 Å². The van der Waals surface area contributed by atoms with Gasteiger partial charge in [0, 0.05) is 5.54 Å². The van der Waals surface area contributed by atoms with Crippen molar-refractivity contribution < 1.29 is 0 Å². The van der Waals surface area contributed by atoms with E-state index < -0.39 is 0 Å². The highest BCUT2D eigenvalue weighted by Gasteiger charge is 2.06. The highest BCUT2D eigenvalue weighted by atomic mass is 35.5. The molecule has 2 N–H and O–H groups in total. The lowest BCUT2D eigenvalue weighted by Crippen LogP contribution is -2.11. The van der Waals surface area contributed by atoms with Crippen LogP contribution in [0.3, 0.4) is 0 Å². The zero-order valence-corrected chi connectivity index (χ0v) is 11.0. The Bertz CT molecular complexity index is 836. The summed E-state index contributed by atoms with van der Waals surface area (Å²) in [5, 5.41) is 0. The number of benzene rings is 1. The molecule has 0 aliphatic carbocycles. The molecule has 100 valence electrons. The molecule has 3 rings (SSSR count). The van der Waals surface area contributed by atoms with E-state index in [0.717, 1.165) is 11.3 Å². The molecule has 3 aromatic rings. The lowest BCUT2D eigenvalue weighted by Gasteiger charge is -2.08. The van der Waals surface area contributed by atoms with Crippen LogP contribution >= 0.6 is 11.6 Å². The van der Waals surface area contributed by atoms with Crippen molar-refractivity contribution in [3.63, 3.8) is 0 Å². The van der Waals surface area contributed by atoms with E-state index in [1.807, 2.05) is 24.3 Å². The minimum atomic E-state index is -0.269. The first-order valence-electron chi connectivity index (χ1n) is 5.82. The van der Waals surface area contributed by atoms with Gasteiger partial charge < -0.3 is 4.98 Å². The van der Waals surface area contributed by atoms with Crippen LogP contribution in [0.1, 0.15) is 5.56 Å². The summed E-state index contributed by atoms with van der Waals surface area (Å²) >= 11 is 5.56. The van der Waals surface area contributed by atoms with Crippen LogP contribution in [-0.4, -0.2) is 19.6 Å². The van der Waals surface area contributed by atoms with Crippen LogP contribution in [0.5, 0.6) is 0 Å². The van der Waals surface area contributed by atoms with E-state index in [-0.39, 0.29) is 11.1 Å². The first kappa shape index (κ1) is 12.4. The highest BCUT2D eigenvalue weighted by Crippen LogP contribution is 2.14. The Morgan fingerprint density at radius 1 is 1.35 bits per heavy atom. The summed E-state index contributed by atoms with van der Waals surface area (Å²) in [5.74, 6) is 0. The number of rotatable bonds is 3. The summed E-state index contributed by atoms with van der Waals surface area (Å²) in [6.07, 6.45) is 4.63. The molecule has 0 fully saturated rings. The summed E-state index contributed by atoms with van der Waals surface area (Å²) in [4.78, 5) is 22.2. The standard InChI is InChI=1S/C13H10ClN5O/c14-5-4-9-2-1-3-10(6-9)18-19-8-17-11-12(19)15-7-16-13(11)20/h1-8,18H,(H,15,16,20). The van der Waals surface area contributed by atoms with E-state index in [4.69, 9.17) is 11.6 Å². The van der Waals surface area contributed by atoms with Gasteiger partial charge in [-0.3, -0.25) is 10.2 Å². The van der Waals surface area contributed by atoms with E-state index >= 15 is 0 Å². The Morgan fingerprint density at radius 2 is 2.25 bits per heavy atom. The molecule has 0 saturated carbocycles. The number of aromatic nitrogens is 4. The second-order valence-corrected chi connectivity index (χ2v) is 4.30. The molecular formula is C13H10ClN5O. The van der Waals surface area contributed by atoms with Crippen molar-refractivity contribution in [3.8, 4) is 0 Å². The largest absolute Gasteiger partial charge is 0.311 e. The molecule has 20 heavy (non-hydrogen) atoms. The molecule has 7 heteroatoms. The van der Waals surface area contributed by atoms with Gasteiger partial charge in [-0.15, -0.1) is 0 Å². The maximum atomic E-state index is 11.6. The lowest BCUT2D eigenvalue weighted by atomic mass is 10.2. The number of aromatic amines is 1. The second-order valence-electron chi connectivity index (χ2n) is 4.05. The van der Waals surface area contributed by atoms with Gasteiger partial charge in [-0.2, -0.15) is 0 Å². The molecule has 0 radical (unpaired) electrons. The van der Waals surface area contributed by atoms with Crippen LogP contribution in [-0.2, 0) is 0 Å². The summed E-state index contributed by atoms with van der Waals surface area (Å²) < 4.78 is 1.59. The highest BCUT2D eigenvalue weighted by molar-refractivity contribution is 6.27. The smallest absolute Gasteiger partial charge is 0.278 e. The predicted octanol–water partition coefficient (Wildman–Crippen LogP) is 2.20. The van der Waals surface area contributed by atoms with Gasteiger partial charge in [0.25, 0.3) is 5.56 Å². The van der Waals surface area contributed by atoms with Gasteiger partial charge in [-0.25, -0.2) is 14.6 Å². The normalized spacial score (nSPS) is 11.2. The molecule has 6 nitrogen and oxygen atoms in total. The molecule has 0 amide bonds. The number of hydrogen-bond acceptors (Lipinski definition) is 4. The monoisotopic (exact) mass is 287 g/mol. The van der Waals surface area contributed by atoms with Crippen LogP contribution in [0.25, 0.3) is 17.2 Å². The first-order chi connectivity index (χ1) is 9.78. The zero-order chi connectivity index (χ0) is 13.9. The van der Waals surface area contributed by atoms with Gasteiger partial charge in [0.05, 0.1) is 12.0 Å². The van der Waals surface area contributed by atoms with Gasteiger partial charge in [-0.1, -0.05) is 23.7 Å². The van der Waals surface area contributed by atoms with Crippen molar-refractivity contribution in [2.24, 2.45) is 0 Å². The van der Waals surface area contributed by atoms with Crippen LogP contribution in [0.15, 0.2) is 47.2 Å². The summed E-state index contributed by atoms with van der Waals surface area (Å²) in [6, 6.07) is 7.63. The van der Waals surface area contributed by atoms with Crippen LogP contribution in [0, 0.1) is 0 Å². The minimum Gasteiger partial charge on any atom is -0.311 e. The Morgan fingerprint density at radius 3 is 3.10 bits per heavy atom. The third kappa shape index (κ3) is 2.28. The van der Waals surface area contributed by atoms with E-state index in [1.54, 1.807) is 10.8 Å². The number of hydrogen-bond donors (Lipinski definition) is 2. The van der Waals surface area contributed by atoms with Crippen LogP contribution in [0.2, 0.25) is 0 Å². The van der Waals surface area contributed by atoms with Crippen molar-refractivity contribution >= 4 is 34.5 Å². The molecule has 0 aliphatic rings. The van der Waals surface area contributed by atoms with Gasteiger partial charge >= 0.3 is 0 Å². The number of fused-ring (bicyclic) bond motifs is 1.